The summed E-state index contributed by atoms with van der Waals surface area (Å²) in [7, 11) is 3.11. The van der Waals surface area contributed by atoms with E-state index < -0.39 is 23.4 Å². The lowest BCUT2D eigenvalue weighted by molar-refractivity contribution is -0.138. The molecular formula is C28H28N2O7S. The van der Waals surface area contributed by atoms with Crippen molar-refractivity contribution in [3.05, 3.63) is 84.8 Å². The molecular weight excluding hydrogens is 508 g/mol. The number of benzene rings is 2. The van der Waals surface area contributed by atoms with Crippen molar-refractivity contribution >= 4 is 40.7 Å². The molecule has 0 saturated heterocycles. The van der Waals surface area contributed by atoms with Gasteiger partial charge in [0.1, 0.15) is 22.0 Å². The lowest BCUT2D eigenvalue weighted by atomic mass is 9.83. The fourth-order valence-corrected chi connectivity index (χ4v) is 5.41. The van der Waals surface area contributed by atoms with E-state index in [0.29, 0.717) is 26.3 Å². The van der Waals surface area contributed by atoms with Gasteiger partial charge >= 0.3 is 11.9 Å². The monoisotopic (exact) mass is 536 g/mol. The van der Waals surface area contributed by atoms with Gasteiger partial charge in [-0.05, 0) is 55.3 Å². The van der Waals surface area contributed by atoms with Gasteiger partial charge in [-0.3, -0.25) is 9.36 Å². The number of methoxy groups -OCH3 is 2. The number of esters is 2. The van der Waals surface area contributed by atoms with E-state index in [9.17, 15) is 14.4 Å². The smallest absolute Gasteiger partial charge is 0.338 e. The summed E-state index contributed by atoms with van der Waals surface area (Å²) in [6, 6.07) is 14.1. The van der Waals surface area contributed by atoms with Crippen molar-refractivity contribution in [3.63, 3.8) is 0 Å². The van der Waals surface area contributed by atoms with Crippen LogP contribution in [-0.2, 0) is 19.1 Å². The van der Waals surface area contributed by atoms with Gasteiger partial charge in [-0.15, -0.1) is 11.3 Å². The molecule has 0 saturated carbocycles. The van der Waals surface area contributed by atoms with E-state index in [1.165, 1.54) is 4.57 Å². The highest BCUT2D eigenvalue weighted by atomic mass is 32.1. The Morgan fingerprint density at radius 1 is 0.895 bits per heavy atom. The Labute approximate surface area is 223 Å². The van der Waals surface area contributed by atoms with Crippen LogP contribution in [0.4, 0.5) is 0 Å². The third-order valence-corrected chi connectivity index (χ3v) is 7.11. The fraction of sp³-hybridized carbons (Fsp3) is 0.250. The van der Waals surface area contributed by atoms with E-state index in [2.05, 4.69) is 0 Å². The summed E-state index contributed by atoms with van der Waals surface area (Å²) >= 11 is 1.10. The van der Waals surface area contributed by atoms with Crippen molar-refractivity contribution in [2.24, 2.45) is 5.73 Å². The molecule has 0 bridgehead atoms. The maximum Gasteiger partial charge on any atom is 0.338 e. The van der Waals surface area contributed by atoms with Gasteiger partial charge in [0.2, 0.25) is 0 Å². The van der Waals surface area contributed by atoms with Crippen molar-refractivity contribution in [1.29, 1.82) is 0 Å². The number of nitrogens with two attached hydrogens (primary N) is 1. The molecule has 10 heteroatoms. The molecule has 4 rings (SSSR count). The van der Waals surface area contributed by atoms with Crippen molar-refractivity contribution in [3.8, 4) is 11.5 Å². The standard InChI is InChI=1S/C28H28N2O7S/c1-5-36-27(32)22-21(17-9-13-19(35-4)14-10-17)23(28(33)37-6-2)26-30(24(22)29)25(31)20(38-26)15-16-7-11-18(34-3)12-8-16/h7-15,21H,5-6,29H2,1-4H3/b20-15-/t21-/m0/s1. The number of fused-ring (bicyclic) bond motifs is 1. The first-order chi connectivity index (χ1) is 18.3. The number of aromatic nitrogens is 1. The lowest BCUT2D eigenvalue weighted by Gasteiger charge is -2.27. The normalized spacial score (nSPS) is 15.2. The fourth-order valence-electron chi connectivity index (χ4n) is 4.24. The Morgan fingerprint density at radius 2 is 1.42 bits per heavy atom. The summed E-state index contributed by atoms with van der Waals surface area (Å²) in [5.74, 6) is -1.13. The van der Waals surface area contributed by atoms with Crippen molar-refractivity contribution < 1.29 is 28.5 Å². The zero-order chi connectivity index (χ0) is 27.4. The Kier molecular flexibility index (Phi) is 8.02. The summed E-state index contributed by atoms with van der Waals surface area (Å²) in [5, 5.41) is 0. The Balaban J connectivity index is 2.06. The van der Waals surface area contributed by atoms with Gasteiger partial charge in [-0.1, -0.05) is 24.3 Å². The zero-order valence-electron chi connectivity index (χ0n) is 21.5. The average molecular weight is 537 g/mol. The molecule has 1 aliphatic rings. The highest BCUT2D eigenvalue weighted by Crippen LogP contribution is 2.38. The number of hydrogen-bond donors (Lipinski definition) is 1. The van der Waals surface area contributed by atoms with E-state index >= 15 is 0 Å². The number of thiazole rings is 1. The molecule has 1 aromatic heterocycles. The number of ether oxygens (including phenoxy) is 4. The molecule has 0 radical (unpaired) electrons. The number of carbonyl (C=O) groups excluding carboxylic acids is 2. The first-order valence-electron chi connectivity index (χ1n) is 11.9. The zero-order valence-corrected chi connectivity index (χ0v) is 22.3. The van der Waals surface area contributed by atoms with Crippen LogP contribution in [-0.4, -0.2) is 43.9 Å². The second-order valence-corrected chi connectivity index (χ2v) is 9.22. The molecule has 38 heavy (non-hydrogen) atoms. The molecule has 3 aromatic rings. The molecule has 9 nitrogen and oxygen atoms in total. The van der Waals surface area contributed by atoms with Gasteiger partial charge in [0.15, 0.2) is 0 Å². The summed E-state index contributed by atoms with van der Waals surface area (Å²) in [6.07, 6.45) is 1.69. The van der Waals surface area contributed by atoms with Crippen LogP contribution in [0.1, 0.15) is 30.9 Å². The first-order valence-corrected chi connectivity index (χ1v) is 12.8. The van der Waals surface area contributed by atoms with Gasteiger partial charge in [0.05, 0.1) is 49.0 Å². The maximum atomic E-state index is 13.6. The van der Waals surface area contributed by atoms with Gasteiger partial charge in [-0.25, -0.2) is 9.59 Å². The van der Waals surface area contributed by atoms with Crippen molar-refractivity contribution in [2.45, 2.75) is 19.8 Å². The van der Waals surface area contributed by atoms with Crippen LogP contribution >= 0.6 is 11.3 Å². The first kappa shape index (κ1) is 26.7. The quantitative estimate of drug-likeness (QED) is 0.434. The van der Waals surface area contributed by atoms with Gasteiger partial charge in [-0.2, -0.15) is 0 Å². The summed E-state index contributed by atoms with van der Waals surface area (Å²) in [4.78, 5) is 40.3. The highest BCUT2D eigenvalue weighted by Gasteiger charge is 2.39. The van der Waals surface area contributed by atoms with Crippen LogP contribution in [0.25, 0.3) is 17.5 Å². The number of hydrogen-bond acceptors (Lipinski definition) is 9. The SMILES string of the molecule is CCOC(=O)C1=C(N)n2c(s/c(=C\c3ccc(OC)cc3)c2=O)=C(C(=O)OCC)[C@H]1c1ccc(OC)cc1. The van der Waals surface area contributed by atoms with Crippen LogP contribution < -0.4 is 30.0 Å². The summed E-state index contributed by atoms with van der Waals surface area (Å²) < 4.78 is 23.0. The van der Waals surface area contributed by atoms with Gasteiger partial charge < -0.3 is 24.7 Å². The average Bonchev–Trinajstić information content (AvgIpc) is 3.24. The van der Waals surface area contributed by atoms with Crippen LogP contribution in [0, 0.1) is 0 Å². The minimum atomic E-state index is -0.925. The maximum absolute atomic E-state index is 13.6. The van der Waals surface area contributed by atoms with E-state index in [0.717, 1.165) is 16.9 Å². The second-order valence-electron chi connectivity index (χ2n) is 8.19. The molecule has 0 aliphatic carbocycles. The van der Waals surface area contributed by atoms with Gasteiger partial charge in [0, 0.05) is 0 Å². The van der Waals surface area contributed by atoms with E-state index in [1.54, 1.807) is 82.7 Å². The van der Waals surface area contributed by atoms with Crippen LogP contribution in [0.5, 0.6) is 11.5 Å². The molecule has 2 heterocycles. The molecule has 198 valence electrons. The third kappa shape index (κ3) is 4.95. The topological polar surface area (TPSA) is 119 Å². The Morgan fingerprint density at radius 3 is 1.95 bits per heavy atom. The molecule has 2 aromatic carbocycles. The minimum absolute atomic E-state index is 0.0107. The van der Waals surface area contributed by atoms with E-state index in [-0.39, 0.29) is 30.2 Å². The number of rotatable bonds is 8. The Bertz CT molecular complexity index is 1570. The summed E-state index contributed by atoms with van der Waals surface area (Å²) in [6.45, 7) is 3.54. The Hall–Kier alpha value is -4.31. The molecule has 0 unspecified atom stereocenters. The molecule has 1 aliphatic heterocycles. The highest BCUT2D eigenvalue weighted by molar-refractivity contribution is 7.07. The molecule has 2 N–H and O–H groups in total. The third-order valence-electron chi connectivity index (χ3n) is 6.00. The minimum Gasteiger partial charge on any atom is -0.497 e. The van der Waals surface area contributed by atoms with Crippen LogP contribution in [0.3, 0.4) is 0 Å². The molecule has 0 spiro atoms. The lowest BCUT2D eigenvalue weighted by Crippen LogP contribution is -2.42. The van der Waals surface area contributed by atoms with E-state index in [1.807, 2.05) is 0 Å². The molecule has 0 amide bonds. The largest absolute Gasteiger partial charge is 0.497 e. The van der Waals surface area contributed by atoms with E-state index in [4.69, 9.17) is 24.7 Å². The van der Waals surface area contributed by atoms with Gasteiger partial charge in [0.25, 0.3) is 5.56 Å². The second kappa shape index (κ2) is 11.4. The number of carbonyl (C=O) groups is 2. The predicted octanol–water partition coefficient (Wildman–Crippen LogP) is 1.96. The molecule has 1 atom stereocenters. The number of nitrogens with zero attached hydrogens (tertiary/aromatic N) is 1. The van der Waals surface area contributed by atoms with Crippen molar-refractivity contribution in [2.75, 3.05) is 27.4 Å². The molecule has 0 fully saturated rings. The predicted molar refractivity (Wildman–Crippen MR) is 144 cm³/mol. The van der Waals surface area contributed by atoms with Crippen LogP contribution in [0.15, 0.2) is 58.9 Å². The van der Waals surface area contributed by atoms with Crippen LogP contribution in [0.2, 0.25) is 0 Å². The summed E-state index contributed by atoms with van der Waals surface area (Å²) in [5.41, 5.74) is 7.51. The van der Waals surface area contributed by atoms with Crippen molar-refractivity contribution in [1.82, 2.24) is 4.57 Å².